The summed E-state index contributed by atoms with van der Waals surface area (Å²) >= 11 is 0. The lowest BCUT2D eigenvalue weighted by Crippen LogP contribution is -2.15. The summed E-state index contributed by atoms with van der Waals surface area (Å²) in [6, 6.07) is 9.11. The minimum absolute atomic E-state index is 0.606. The van der Waals surface area contributed by atoms with Crippen molar-refractivity contribution in [2.45, 2.75) is 25.3 Å². The van der Waals surface area contributed by atoms with Crippen molar-refractivity contribution in [2.24, 2.45) is 0 Å². The van der Waals surface area contributed by atoms with Gasteiger partial charge < -0.3 is 14.3 Å². The molecule has 120 valence electrons. The first-order valence-electron chi connectivity index (χ1n) is 8.31. The van der Waals surface area contributed by atoms with Crippen molar-refractivity contribution in [2.75, 3.05) is 7.11 Å². The zero-order chi connectivity index (χ0) is 16.1. The van der Waals surface area contributed by atoms with Gasteiger partial charge in [-0.15, -0.1) is 0 Å². The van der Waals surface area contributed by atoms with Crippen molar-refractivity contribution in [1.29, 1.82) is 0 Å². The molecule has 0 unspecified atom stereocenters. The van der Waals surface area contributed by atoms with E-state index in [2.05, 4.69) is 37.7 Å². The van der Waals surface area contributed by atoms with E-state index in [-0.39, 0.29) is 0 Å². The molecule has 0 amide bonds. The second kappa shape index (κ2) is 5.09. The van der Waals surface area contributed by atoms with Crippen molar-refractivity contribution < 1.29 is 4.74 Å². The fourth-order valence-corrected chi connectivity index (χ4v) is 3.48. The number of hydrogen-bond acceptors (Lipinski definition) is 3. The lowest BCUT2D eigenvalue weighted by molar-refractivity contribution is 0.320. The third kappa shape index (κ3) is 1.94. The van der Waals surface area contributed by atoms with Gasteiger partial charge in [-0.05, 0) is 43.0 Å². The van der Waals surface area contributed by atoms with Crippen LogP contribution < -0.4 is 4.74 Å². The van der Waals surface area contributed by atoms with Crippen LogP contribution in [0.2, 0.25) is 0 Å². The van der Waals surface area contributed by atoms with Crippen LogP contribution >= 0.6 is 0 Å². The van der Waals surface area contributed by atoms with E-state index in [0.717, 1.165) is 27.9 Å². The number of hydrogen-bond donors (Lipinski definition) is 1. The molecule has 5 heteroatoms. The standard InChI is InChI=1S/C19H18N4O/c1-24-14-8-15-16(10-21-19(15)20-9-14)12-5-6-17-18(7-12)23(11-22-17)13-3-2-4-13/h5-11,13H,2-4H2,1H3,(H,20,21). The molecule has 1 aromatic carbocycles. The number of aromatic nitrogens is 4. The van der Waals surface area contributed by atoms with Gasteiger partial charge in [0.15, 0.2) is 0 Å². The van der Waals surface area contributed by atoms with Crippen LogP contribution in [0, 0.1) is 0 Å². The van der Waals surface area contributed by atoms with Crippen LogP contribution in [0.4, 0.5) is 0 Å². The molecule has 0 saturated heterocycles. The fourth-order valence-electron chi connectivity index (χ4n) is 3.48. The highest BCUT2D eigenvalue weighted by Crippen LogP contribution is 2.36. The number of benzene rings is 1. The Morgan fingerprint density at radius 2 is 2.12 bits per heavy atom. The van der Waals surface area contributed by atoms with Gasteiger partial charge in [-0.3, -0.25) is 0 Å². The number of fused-ring (bicyclic) bond motifs is 2. The Kier molecular flexibility index (Phi) is 2.89. The average molecular weight is 318 g/mol. The van der Waals surface area contributed by atoms with Crippen LogP contribution in [0.3, 0.4) is 0 Å². The maximum Gasteiger partial charge on any atom is 0.138 e. The van der Waals surface area contributed by atoms with Gasteiger partial charge in [-0.2, -0.15) is 0 Å². The first-order chi connectivity index (χ1) is 11.8. The minimum atomic E-state index is 0.606. The van der Waals surface area contributed by atoms with Crippen molar-refractivity contribution in [1.82, 2.24) is 19.5 Å². The molecule has 1 aliphatic carbocycles. The van der Waals surface area contributed by atoms with Gasteiger partial charge >= 0.3 is 0 Å². The van der Waals surface area contributed by atoms with Gasteiger partial charge in [0, 0.05) is 23.2 Å². The molecule has 0 radical (unpaired) electrons. The zero-order valence-electron chi connectivity index (χ0n) is 13.5. The van der Waals surface area contributed by atoms with Crippen LogP contribution in [0.15, 0.2) is 43.0 Å². The lowest BCUT2D eigenvalue weighted by Gasteiger charge is -2.27. The van der Waals surface area contributed by atoms with E-state index in [0.29, 0.717) is 6.04 Å². The highest BCUT2D eigenvalue weighted by atomic mass is 16.5. The van der Waals surface area contributed by atoms with E-state index in [1.54, 1.807) is 13.3 Å². The van der Waals surface area contributed by atoms with Gasteiger partial charge in [-0.25, -0.2) is 9.97 Å². The summed E-state index contributed by atoms with van der Waals surface area (Å²) in [7, 11) is 1.67. The molecule has 1 saturated carbocycles. The first-order valence-corrected chi connectivity index (χ1v) is 8.31. The third-order valence-electron chi connectivity index (χ3n) is 5.10. The molecule has 24 heavy (non-hydrogen) atoms. The Hall–Kier alpha value is -2.82. The van der Waals surface area contributed by atoms with E-state index >= 15 is 0 Å². The highest BCUT2D eigenvalue weighted by Gasteiger charge is 2.21. The van der Waals surface area contributed by atoms with Gasteiger partial charge in [0.05, 0.1) is 30.7 Å². The zero-order valence-corrected chi connectivity index (χ0v) is 13.5. The number of H-pyrrole nitrogens is 1. The quantitative estimate of drug-likeness (QED) is 0.612. The Morgan fingerprint density at radius 3 is 2.92 bits per heavy atom. The van der Waals surface area contributed by atoms with Crippen LogP contribution in [0.1, 0.15) is 25.3 Å². The molecule has 1 fully saturated rings. The number of nitrogens with one attached hydrogen (secondary N) is 1. The van der Waals surface area contributed by atoms with E-state index in [1.807, 2.05) is 18.6 Å². The van der Waals surface area contributed by atoms with E-state index < -0.39 is 0 Å². The van der Waals surface area contributed by atoms with Crippen molar-refractivity contribution in [3.05, 3.63) is 43.0 Å². The molecule has 5 rings (SSSR count). The molecular weight excluding hydrogens is 300 g/mol. The number of ether oxygens (including phenoxy) is 1. The topological polar surface area (TPSA) is 55.7 Å². The number of rotatable bonds is 3. The SMILES string of the molecule is COc1cnc2[nH]cc(-c3ccc4ncn(C5CCC5)c4c3)c2c1. The molecule has 1 aliphatic rings. The van der Waals surface area contributed by atoms with E-state index in [4.69, 9.17) is 4.74 Å². The number of imidazole rings is 1. The molecule has 0 spiro atoms. The van der Waals surface area contributed by atoms with Crippen molar-refractivity contribution >= 4 is 22.1 Å². The summed E-state index contributed by atoms with van der Waals surface area (Å²) in [4.78, 5) is 12.2. The molecule has 5 nitrogen and oxygen atoms in total. The molecule has 4 aromatic rings. The van der Waals surface area contributed by atoms with E-state index in [9.17, 15) is 0 Å². The van der Waals surface area contributed by atoms with Crippen LogP contribution in [0.5, 0.6) is 5.75 Å². The largest absolute Gasteiger partial charge is 0.495 e. The van der Waals surface area contributed by atoms with Gasteiger partial charge in [0.1, 0.15) is 11.4 Å². The molecule has 1 N–H and O–H groups in total. The van der Waals surface area contributed by atoms with Gasteiger partial charge in [-0.1, -0.05) is 6.07 Å². The number of nitrogens with zero attached hydrogens (tertiary/aromatic N) is 3. The van der Waals surface area contributed by atoms with Crippen molar-refractivity contribution in [3.8, 4) is 16.9 Å². The van der Waals surface area contributed by atoms with Crippen LogP contribution in [0.25, 0.3) is 33.2 Å². The normalized spacial score (nSPS) is 15.0. The second-order valence-electron chi connectivity index (χ2n) is 6.41. The summed E-state index contributed by atoms with van der Waals surface area (Å²) < 4.78 is 7.65. The summed E-state index contributed by atoms with van der Waals surface area (Å²) in [5.74, 6) is 0.768. The maximum atomic E-state index is 5.32. The molecular formula is C19H18N4O. The number of pyridine rings is 1. The summed E-state index contributed by atoms with van der Waals surface area (Å²) in [5.41, 5.74) is 5.45. The first kappa shape index (κ1) is 13.6. The molecule has 3 aromatic heterocycles. The molecule has 0 aliphatic heterocycles. The van der Waals surface area contributed by atoms with E-state index in [1.165, 1.54) is 30.3 Å². The monoisotopic (exact) mass is 318 g/mol. The second-order valence-corrected chi connectivity index (χ2v) is 6.41. The van der Waals surface area contributed by atoms with Gasteiger partial charge in [0.2, 0.25) is 0 Å². The van der Waals surface area contributed by atoms with Crippen LogP contribution in [-0.4, -0.2) is 26.6 Å². The maximum absolute atomic E-state index is 5.32. The molecule has 0 bridgehead atoms. The predicted molar refractivity (Wildman–Crippen MR) is 94.3 cm³/mol. The molecule has 3 heterocycles. The Bertz CT molecular complexity index is 1040. The summed E-state index contributed by atoms with van der Waals surface area (Å²) in [6.07, 6.45) is 9.56. The van der Waals surface area contributed by atoms with Gasteiger partial charge in [0.25, 0.3) is 0 Å². The minimum Gasteiger partial charge on any atom is -0.495 e. The average Bonchev–Trinajstić information content (AvgIpc) is 3.16. The number of aromatic amines is 1. The van der Waals surface area contributed by atoms with Crippen molar-refractivity contribution in [3.63, 3.8) is 0 Å². The lowest BCUT2D eigenvalue weighted by atomic mass is 9.92. The number of methoxy groups -OCH3 is 1. The highest BCUT2D eigenvalue weighted by molar-refractivity contribution is 5.96. The fraction of sp³-hybridized carbons (Fsp3) is 0.263. The predicted octanol–water partition coefficient (Wildman–Crippen LogP) is 4.31. The Balaban J connectivity index is 1.68. The smallest absolute Gasteiger partial charge is 0.138 e. The Labute approximate surface area is 139 Å². The summed E-state index contributed by atoms with van der Waals surface area (Å²) in [6.45, 7) is 0. The third-order valence-corrected chi connectivity index (χ3v) is 5.10. The summed E-state index contributed by atoms with van der Waals surface area (Å²) in [5, 5.41) is 1.07. The Morgan fingerprint density at radius 1 is 1.21 bits per heavy atom. The molecule has 0 atom stereocenters. The van der Waals surface area contributed by atoms with Crippen LogP contribution in [-0.2, 0) is 0 Å².